The number of nitrogens with zero attached hydrogens (tertiary/aromatic N) is 1. The third-order valence-electron chi connectivity index (χ3n) is 5.55. The summed E-state index contributed by atoms with van der Waals surface area (Å²) in [7, 11) is 0. The first-order chi connectivity index (χ1) is 15.7. The molecule has 1 aliphatic rings. The van der Waals surface area contributed by atoms with Crippen LogP contribution in [0.3, 0.4) is 0 Å². The smallest absolute Gasteiger partial charge is 0.291 e. The minimum atomic E-state index is -0.382. The highest BCUT2D eigenvalue weighted by atomic mass is 16.5. The Kier molecular flexibility index (Phi) is 5.34. The molecule has 1 N–H and O–H groups in total. The van der Waals surface area contributed by atoms with Crippen LogP contribution in [0, 0.1) is 0 Å². The molecule has 32 heavy (non-hydrogen) atoms. The first-order valence-electron chi connectivity index (χ1n) is 10.6. The summed E-state index contributed by atoms with van der Waals surface area (Å²) in [4.78, 5) is 27.3. The van der Waals surface area contributed by atoms with E-state index in [1.54, 1.807) is 11.0 Å². The second-order valence-corrected chi connectivity index (χ2v) is 7.63. The summed E-state index contributed by atoms with van der Waals surface area (Å²) in [6.45, 7) is 0.836. The number of amides is 2. The Bertz CT molecular complexity index is 1280. The van der Waals surface area contributed by atoms with Gasteiger partial charge < -0.3 is 19.4 Å². The van der Waals surface area contributed by atoms with Gasteiger partial charge in [-0.15, -0.1) is 0 Å². The predicted molar refractivity (Wildman–Crippen MR) is 123 cm³/mol. The van der Waals surface area contributed by atoms with Crippen molar-refractivity contribution < 1.29 is 18.7 Å². The Labute approximate surface area is 185 Å². The number of carbonyl (C=O) groups is 2. The molecule has 1 fully saturated rings. The Balaban J connectivity index is 1.46. The van der Waals surface area contributed by atoms with Crippen LogP contribution >= 0.6 is 0 Å². The van der Waals surface area contributed by atoms with Crippen molar-refractivity contribution in [2.45, 2.75) is 19.4 Å². The molecule has 2 heterocycles. The summed E-state index contributed by atoms with van der Waals surface area (Å²) >= 11 is 0. The van der Waals surface area contributed by atoms with E-state index < -0.39 is 0 Å². The molecule has 3 aromatic carbocycles. The van der Waals surface area contributed by atoms with Crippen molar-refractivity contribution in [3.05, 3.63) is 90.2 Å². The van der Waals surface area contributed by atoms with Crippen molar-refractivity contribution in [1.29, 1.82) is 0 Å². The van der Waals surface area contributed by atoms with Crippen molar-refractivity contribution in [2.24, 2.45) is 0 Å². The Morgan fingerprint density at radius 2 is 1.72 bits per heavy atom. The molecule has 0 spiro atoms. The standard InChI is InChI=1S/C26H22N2O4/c29-24-15-8-16-28(24)22-13-6-5-12-21(22)27-26(30)25-20(17-31-18-9-2-1-3-10-18)19-11-4-7-14-23(19)32-25/h1-7,9-14H,8,15-17H2,(H,27,30). The van der Waals surface area contributed by atoms with Gasteiger partial charge in [0.25, 0.3) is 5.91 Å². The fraction of sp³-hybridized carbons (Fsp3) is 0.154. The summed E-state index contributed by atoms with van der Waals surface area (Å²) in [5, 5.41) is 3.77. The van der Waals surface area contributed by atoms with Crippen LogP contribution in [0.2, 0.25) is 0 Å². The van der Waals surface area contributed by atoms with E-state index in [0.717, 1.165) is 11.8 Å². The summed E-state index contributed by atoms with van der Waals surface area (Å²) < 4.78 is 11.9. The number of anilines is 2. The van der Waals surface area contributed by atoms with E-state index in [1.807, 2.05) is 72.8 Å². The van der Waals surface area contributed by atoms with Gasteiger partial charge in [0.15, 0.2) is 5.76 Å². The largest absolute Gasteiger partial charge is 0.489 e. The maximum absolute atomic E-state index is 13.3. The molecule has 5 rings (SSSR count). The molecule has 4 aromatic rings. The van der Waals surface area contributed by atoms with Crippen molar-refractivity contribution >= 4 is 34.2 Å². The van der Waals surface area contributed by atoms with Crippen LogP contribution in [0.15, 0.2) is 83.3 Å². The molecule has 1 saturated heterocycles. The summed E-state index contributed by atoms with van der Waals surface area (Å²) in [5.41, 5.74) is 2.56. The molecule has 2 amide bonds. The van der Waals surface area contributed by atoms with E-state index in [-0.39, 0.29) is 24.2 Å². The number of benzene rings is 3. The van der Waals surface area contributed by atoms with Gasteiger partial charge in [0.2, 0.25) is 5.91 Å². The van der Waals surface area contributed by atoms with Gasteiger partial charge in [-0.1, -0.05) is 48.5 Å². The van der Waals surface area contributed by atoms with Crippen molar-refractivity contribution in [3.8, 4) is 5.75 Å². The van der Waals surface area contributed by atoms with Crippen LogP contribution < -0.4 is 15.0 Å². The topological polar surface area (TPSA) is 71.8 Å². The Hall–Kier alpha value is -4.06. The van der Waals surface area contributed by atoms with E-state index >= 15 is 0 Å². The van der Waals surface area contributed by atoms with E-state index in [2.05, 4.69) is 5.32 Å². The average Bonchev–Trinajstić information content (AvgIpc) is 3.42. The van der Waals surface area contributed by atoms with Gasteiger partial charge in [0.1, 0.15) is 17.9 Å². The lowest BCUT2D eigenvalue weighted by atomic mass is 10.1. The van der Waals surface area contributed by atoms with Gasteiger partial charge in [0, 0.05) is 23.9 Å². The van der Waals surface area contributed by atoms with Crippen LogP contribution in [-0.2, 0) is 11.4 Å². The molecule has 160 valence electrons. The van der Waals surface area contributed by atoms with Crippen molar-refractivity contribution in [3.63, 3.8) is 0 Å². The highest BCUT2D eigenvalue weighted by Crippen LogP contribution is 2.32. The minimum absolute atomic E-state index is 0.0624. The third kappa shape index (κ3) is 3.83. The number of carbonyl (C=O) groups excluding carboxylic acids is 2. The van der Waals surface area contributed by atoms with Gasteiger partial charge in [-0.2, -0.15) is 0 Å². The molecule has 0 unspecified atom stereocenters. The molecule has 6 heteroatoms. The van der Waals surface area contributed by atoms with Crippen LogP contribution in [0.5, 0.6) is 5.75 Å². The predicted octanol–water partition coefficient (Wildman–Crippen LogP) is 5.39. The molecule has 0 aliphatic carbocycles. The third-order valence-corrected chi connectivity index (χ3v) is 5.55. The van der Waals surface area contributed by atoms with E-state index in [9.17, 15) is 9.59 Å². The molecule has 0 bridgehead atoms. The lowest BCUT2D eigenvalue weighted by Gasteiger charge is -2.19. The molecule has 1 aliphatic heterocycles. The zero-order chi connectivity index (χ0) is 21.9. The maximum atomic E-state index is 13.3. The molecule has 6 nitrogen and oxygen atoms in total. The Morgan fingerprint density at radius 1 is 0.969 bits per heavy atom. The minimum Gasteiger partial charge on any atom is -0.489 e. The van der Waals surface area contributed by atoms with E-state index in [1.165, 1.54) is 0 Å². The Morgan fingerprint density at radius 3 is 2.53 bits per heavy atom. The normalized spacial score (nSPS) is 13.5. The zero-order valence-corrected chi connectivity index (χ0v) is 17.4. The summed E-state index contributed by atoms with van der Waals surface area (Å²) in [6, 6.07) is 24.3. The summed E-state index contributed by atoms with van der Waals surface area (Å²) in [5.74, 6) is 0.589. The molecular formula is C26H22N2O4. The highest BCUT2D eigenvalue weighted by Gasteiger charge is 2.26. The maximum Gasteiger partial charge on any atom is 0.291 e. The van der Waals surface area contributed by atoms with E-state index in [4.69, 9.17) is 9.15 Å². The SMILES string of the molecule is O=C(Nc1ccccc1N1CCCC1=O)c1oc2ccccc2c1COc1ccccc1. The lowest BCUT2D eigenvalue weighted by molar-refractivity contribution is -0.117. The summed E-state index contributed by atoms with van der Waals surface area (Å²) in [6.07, 6.45) is 1.33. The number of hydrogen-bond acceptors (Lipinski definition) is 4. The molecule has 0 saturated carbocycles. The molecular weight excluding hydrogens is 404 g/mol. The second kappa shape index (κ2) is 8.59. The number of furan rings is 1. The fourth-order valence-corrected chi connectivity index (χ4v) is 3.99. The van der Waals surface area contributed by atoms with Gasteiger partial charge in [-0.05, 0) is 36.8 Å². The van der Waals surface area contributed by atoms with Crippen molar-refractivity contribution in [1.82, 2.24) is 0 Å². The molecule has 0 atom stereocenters. The van der Waals surface area contributed by atoms with Gasteiger partial charge >= 0.3 is 0 Å². The second-order valence-electron chi connectivity index (χ2n) is 7.63. The number of ether oxygens (including phenoxy) is 1. The lowest BCUT2D eigenvalue weighted by Crippen LogP contribution is -2.25. The first-order valence-corrected chi connectivity index (χ1v) is 10.6. The van der Waals surface area contributed by atoms with E-state index in [0.29, 0.717) is 41.2 Å². The molecule has 1 aromatic heterocycles. The highest BCUT2D eigenvalue weighted by molar-refractivity contribution is 6.09. The number of fused-ring (bicyclic) bond motifs is 1. The van der Waals surface area contributed by atoms with Crippen LogP contribution in [-0.4, -0.2) is 18.4 Å². The average molecular weight is 426 g/mol. The number of hydrogen-bond donors (Lipinski definition) is 1. The fourth-order valence-electron chi connectivity index (χ4n) is 3.99. The quantitative estimate of drug-likeness (QED) is 0.449. The zero-order valence-electron chi connectivity index (χ0n) is 17.4. The first kappa shape index (κ1) is 19.9. The monoisotopic (exact) mass is 426 g/mol. The van der Waals surface area contributed by atoms with Gasteiger partial charge in [-0.3, -0.25) is 9.59 Å². The molecule has 0 radical (unpaired) electrons. The van der Waals surface area contributed by atoms with Gasteiger partial charge in [0.05, 0.1) is 11.4 Å². The van der Waals surface area contributed by atoms with Crippen molar-refractivity contribution in [2.75, 3.05) is 16.8 Å². The van der Waals surface area contributed by atoms with Gasteiger partial charge in [-0.25, -0.2) is 0 Å². The van der Waals surface area contributed by atoms with Crippen LogP contribution in [0.1, 0.15) is 29.0 Å². The number of nitrogens with one attached hydrogen (secondary N) is 1. The van der Waals surface area contributed by atoms with Crippen LogP contribution in [0.4, 0.5) is 11.4 Å². The van der Waals surface area contributed by atoms with Crippen LogP contribution in [0.25, 0.3) is 11.0 Å². The number of rotatable bonds is 6. The number of para-hydroxylation sites is 4.